The highest BCUT2D eigenvalue weighted by molar-refractivity contribution is 5.75. The number of carbonyl (C=O) groups is 1. The minimum absolute atomic E-state index is 0.0932. The predicted octanol–water partition coefficient (Wildman–Crippen LogP) is 3.80. The van der Waals surface area contributed by atoms with Crippen molar-refractivity contribution in [2.45, 2.75) is 57.2 Å². The summed E-state index contributed by atoms with van der Waals surface area (Å²) in [6.45, 7) is 3.86. The zero-order chi connectivity index (χ0) is 19.8. The minimum Gasteiger partial charge on any atom is -0.497 e. The van der Waals surface area contributed by atoms with Gasteiger partial charge in [0.2, 0.25) is 0 Å². The summed E-state index contributed by atoms with van der Waals surface area (Å²) in [4.78, 5) is 18.0. The summed E-state index contributed by atoms with van der Waals surface area (Å²) in [5.41, 5.74) is 2.65. The molecule has 1 aromatic rings. The number of benzene rings is 1. The molecule has 5 rings (SSSR count). The Morgan fingerprint density at radius 1 is 1.17 bits per heavy atom. The first-order valence-electron chi connectivity index (χ1n) is 11.3. The number of hydrogen-bond acceptors (Lipinski definition) is 3. The number of nitrogens with zero attached hydrogens (tertiary/aromatic N) is 2. The number of hydrogen-bond donors (Lipinski definition) is 1. The number of urea groups is 1. The maximum absolute atomic E-state index is 13.1. The zero-order valence-corrected chi connectivity index (χ0v) is 17.5. The van der Waals surface area contributed by atoms with E-state index in [1.165, 1.54) is 45.2 Å². The second-order valence-corrected chi connectivity index (χ2v) is 9.21. The standard InChI is InChI=1S/C24H33N3O2/c1-29-21-9-7-17(8-10-21)15-25-24(28)27-12-4-5-18-13-19-14-20(23(18)27)16-26-11-3-2-6-22(19)26/h7-10,13,19-20,22-23H,2-6,11-12,14-16H2,1H3,(H,25,28)/t19-,20+,22-,23+/m0/s1. The van der Waals surface area contributed by atoms with Crippen LogP contribution in [0.3, 0.4) is 0 Å². The largest absolute Gasteiger partial charge is 0.497 e. The molecule has 1 aromatic carbocycles. The van der Waals surface area contributed by atoms with Crippen molar-refractivity contribution >= 4 is 6.03 Å². The first-order valence-corrected chi connectivity index (χ1v) is 11.3. The molecule has 1 aliphatic carbocycles. The predicted molar refractivity (Wildman–Crippen MR) is 114 cm³/mol. The molecule has 0 radical (unpaired) electrons. The topological polar surface area (TPSA) is 44.8 Å². The van der Waals surface area contributed by atoms with Crippen LogP contribution in [0.2, 0.25) is 0 Å². The molecule has 2 amide bonds. The lowest BCUT2D eigenvalue weighted by Gasteiger charge is -2.54. The smallest absolute Gasteiger partial charge is 0.318 e. The van der Waals surface area contributed by atoms with Crippen molar-refractivity contribution < 1.29 is 9.53 Å². The average Bonchev–Trinajstić information content (AvgIpc) is 2.77. The summed E-state index contributed by atoms with van der Waals surface area (Å²) in [5.74, 6) is 2.15. The fourth-order valence-electron chi connectivity index (χ4n) is 6.22. The number of ether oxygens (including phenoxy) is 1. The minimum atomic E-state index is 0.0932. The average molecular weight is 396 g/mol. The van der Waals surface area contributed by atoms with Crippen molar-refractivity contribution in [1.82, 2.24) is 15.1 Å². The monoisotopic (exact) mass is 395 g/mol. The Labute approximate surface area is 174 Å². The van der Waals surface area contributed by atoms with Crippen LogP contribution < -0.4 is 10.1 Å². The summed E-state index contributed by atoms with van der Waals surface area (Å²) in [7, 11) is 1.67. The van der Waals surface area contributed by atoms with E-state index in [-0.39, 0.29) is 6.03 Å². The Bertz CT molecular complexity index is 775. The summed E-state index contributed by atoms with van der Waals surface area (Å²) in [6, 6.07) is 9.08. The normalized spacial score (nSPS) is 31.3. The third-order valence-corrected chi connectivity index (χ3v) is 7.52. The van der Waals surface area contributed by atoms with Crippen molar-refractivity contribution in [3.05, 3.63) is 41.5 Å². The maximum Gasteiger partial charge on any atom is 0.318 e. The van der Waals surface area contributed by atoms with Crippen LogP contribution in [-0.2, 0) is 6.54 Å². The molecule has 1 N–H and O–H groups in total. The third-order valence-electron chi connectivity index (χ3n) is 7.52. The number of methoxy groups -OCH3 is 1. The second kappa shape index (κ2) is 8.02. The van der Waals surface area contributed by atoms with Gasteiger partial charge < -0.3 is 15.0 Å². The molecule has 2 bridgehead atoms. The number of likely N-dealkylation sites (tertiary alicyclic amines) is 1. The SMILES string of the molecule is COc1ccc(CNC(=O)N2CCCC3=C[C@H]4C[C@H](CN5CCCC[C@@H]45)[C@@H]32)cc1. The Balaban J connectivity index is 1.29. The molecule has 0 aromatic heterocycles. The van der Waals surface area contributed by atoms with Crippen molar-refractivity contribution in [2.24, 2.45) is 11.8 Å². The Morgan fingerprint density at radius 2 is 2.03 bits per heavy atom. The van der Waals surface area contributed by atoms with E-state index in [2.05, 4.69) is 21.2 Å². The highest BCUT2D eigenvalue weighted by atomic mass is 16.5. The molecule has 4 aliphatic rings. The molecule has 0 saturated carbocycles. The molecule has 156 valence electrons. The van der Waals surface area contributed by atoms with E-state index in [9.17, 15) is 4.79 Å². The fraction of sp³-hybridized carbons (Fsp3) is 0.625. The van der Waals surface area contributed by atoms with Crippen LogP contribution in [-0.4, -0.2) is 54.7 Å². The number of amides is 2. The molecule has 3 fully saturated rings. The molecule has 3 saturated heterocycles. The van der Waals surface area contributed by atoms with Gasteiger partial charge in [-0.1, -0.05) is 30.2 Å². The lowest BCUT2D eigenvalue weighted by atomic mass is 9.68. The van der Waals surface area contributed by atoms with Gasteiger partial charge >= 0.3 is 6.03 Å². The highest BCUT2D eigenvalue weighted by Crippen LogP contribution is 2.44. The van der Waals surface area contributed by atoms with Crippen LogP contribution in [0.15, 0.2) is 35.9 Å². The van der Waals surface area contributed by atoms with E-state index in [4.69, 9.17) is 4.74 Å². The molecule has 4 atom stereocenters. The Kier molecular flexibility index (Phi) is 5.25. The molecular formula is C24H33N3O2. The van der Waals surface area contributed by atoms with Crippen molar-refractivity contribution in [2.75, 3.05) is 26.7 Å². The Morgan fingerprint density at radius 3 is 2.86 bits per heavy atom. The van der Waals surface area contributed by atoms with Crippen LogP contribution in [0.4, 0.5) is 4.79 Å². The molecule has 5 heteroatoms. The summed E-state index contributed by atoms with van der Waals surface area (Å²) in [5, 5.41) is 3.17. The van der Waals surface area contributed by atoms with E-state index in [1.54, 1.807) is 12.7 Å². The number of carbonyl (C=O) groups excluding carboxylic acids is 1. The number of nitrogens with one attached hydrogen (secondary N) is 1. The first-order chi connectivity index (χ1) is 14.2. The van der Waals surface area contributed by atoms with Crippen LogP contribution in [0.25, 0.3) is 0 Å². The molecular weight excluding hydrogens is 362 g/mol. The van der Waals surface area contributed by atoms with Crippen LogP contribution in [0.1, 0.15) is 44.1 Å². The van der Waals surface area contributed by atoms with Gasteiger partial charge in [0.15, 0.2) is 0 Å². The van der Waals surface area contributed by atoms with Gasteiger partial charge in [0.05, 0.1) is 13.2 Å². The molecule has 3 heterocycles. The summed E-state index contributed by atoms with van der Waals surface area (Å²) in [6.07, 6.45) is 10.2. The quantitative estimate of drug-likeness (QED) is 0.792. The zero-order valence-electron chi connectivity index (χ0n) is 17.5. The summed E-state index contributed by atoms with van der Waals surface area (Å²) < 4.78 is 5.22. The van der Waals surface area contributed by atoms with Gasteiger partial charge in [-0.2, -0.15) is 0 Å². The van der Waals surface area contributed by atoms with Gasteiger partial charge in [0, 0.05) is 25.7 Å². The van der Waals surface area contributed by atoms with E-state index in [0.717, 1.165) is 30.3 Å². The van der Waals surface area contributed by atoms with Crippen molar-refractivity contribution in [1.29, 1.82) is 0 Å². The number of rotatable bonds is 3. The van der Waals surface area contributed by atoms with Gasteiger partial charge in [0.25, 0.3) is 0 Å². The maximum atomic E-state index is 13.1. The lowest BCUT2D eigenvalue weighted by Crippen LogP contribution is -2.61. The number of piperidine rings is 3. The molecule has 3 aliphatic heterocycles. The molecule has 5 nitrogen and oxygen atoms in total. The first kappa shape index (κ1) is 19.0. The van der Waals surface area contributed by atoms with Gasteiger partial charge in [0.1, 0.15) is 5.75 Å². The third kappa shape index (κ3) is 3.65. The fourth-order valence-corrected chi connectivity index (χ4v) is 6.22. The van der Waals surface area contributed by atoms with Gasteiger partial charge in [-0.25, -0.2) is 4.79 Å². The highest BCUT2D eigenvalue weighted by Gasteiger charge is 2.46. The van der Waals surface area contributed by atoms with E-state index in [1.807, 2.05) is 24.3 Å². The Hall–Kier alpha value is -2.01. The molecule has 0 spiro atoms. The van der Waals surface area contributed by atoms with E-state index in [0.29, 0.717) is 24.4 Å². The van der Waals surface area contributed by atoms with Crippen LogP contribution >= 0.6 is 0 Å². The lowest BCUT2D eigenvalue weighted by molar-refractivity contribution is 0.00788. The van der Waals surface area contributed by atoms with Crippen LogP contribution in [0.5, 0.6) is 5.75 Å². The van der Waals surface area contributed by atoms with Gasteiger partial charge in [-0.05, 0) is 68.2 Å². The second-order valence-electron chi connectivity index (χ2n) is 9.21. The van der Waals surface area contributed by atoms with Gasteiger partial charge in [-0.15, -0.1) is 0 Å². The summed E-state index contributed by atoms with van der Waals surface area (Å²) >= 11 is 0. The molecule has 0 unspecified atom stereocenters. The van der Waals surface area contributed by atoms with E-state index >= 15 is 0 Å². The van der Waals surface area contributed by atoms with E-state index < -0.39 is 0 Å². The van der Waals surface area contributed by atoms with Crippen LogP contribution in [0, 0.1) is 11.8 Å². The van der Waals surface area contributed by atoms with Gasteiger partial charge in [-0.3, -0.25) is 4.90 Å². The molecule has 29 heavy (non-hydrogen) atoms. The number of fused-ring (bicyclic) bond motifs is 6. The van der Waals surface area contributed by atoms with Crippen molar-refractivity contribution in [3.63, 3.8) is 0 Å². The van der Waals surface area contributed by atoms with Crippen molar-refractivity contribution in [3.8, 4) is 5.75 Å².